The number of hydrogen-bond acceptors (Lipinski definition) is 4. The maximum atomic E-state index is 13.1. The van der Waals surface area contributed by atoms with Crippen LogP contribution in [0.15, 0.2) is 36.4 Å². The fourth-order valence-corrected chi connectivity index (χ4v) is 2.36. The second-order valence-corrected chi connectivity index (χ2v) is 5.59. The molecule has 1 N–H and O–H groups in total. The van der Waals surface area contributed by atoms with Gasteiger partial charge in [0.1, 0.15) is 12.4 Å². The van der Waals surface area contributed by atoms with E-state index in [9.17, 15) is 4.39 Å². The smallest absolute Gasteiger partial charge is 0.161 e. The fourth-order valence-electron chi connectivity index (χ4n) is 2.14. The van der Waals surface area contributed by atoms with Gasteiger partial charge < -0.3 is 19.5 Å². The van der Waals surface area contributed by atoms with Crippen molar-refractivity contribution in [3.8, 4) is 11.5 Å². The Kier molecular flexibility index (Phi) is 9.60. The van der Waals surface area contributed by atoms with Gasteiger partial charge in [-0.25, -0.2) is 4.39 Å². The molecule has 2 aromatic carbocycles. The normalized spacial score (nSPS) is 10.2. The zero-order chi connectivity index (χ0) is 17.4. The summed E-state index contributed by atoms with van der Waals surface area (Å²) in [4.78, 5) is 0. The van der Waals surface area contributed by atoms with Crippen molar-refractivity contribution in [1.82, 2.24) is 5.32 Å². The number of ether oxygens (including phenoxy) is 3. The molecule has 0 fully saturated rings. The van der Waals surface area contributed by atoms with E-state index in [2.05, 4.69) is 5.32 Å². The molecule has 4 nitrogen and oxygen atoms in total. The van der Waals surface area contributed by atoms with Crippen molar-refractivity contribution >= 4 is 24.0 Å². The monoisotopic (exact) mass is 389 g/mol. The van der Waals surface area contributed by atoms with Crippen LogP contribution in [-0.4, -0.2) is 27.4 Å². The van der Waals surface area contributed by atoms with Gasteiger partial charge in [0, 0.05) is 25.8 Å². The molecule has 25 heavy (non-hydrogen) atoms. The molecular formula is C18H22Cl2FNO3. The van der Waals surface area contributed by atoms with E-state index < -0.39 is 0 Å². The summed E-state index contributed by atoms with van der Waals surface area (Å²) < 4.78 is 29.2. The summed E-state index contributed by atoms with van der Waals surface area (Å²) in [6.07, 6.45) is 0. The van der Waals surface area contributed by atoms with Gasteiger partial charge in [0.05, 0.1) is 18.7 Å². The third-order valence-electron chi connectivity index (χ3n) is 3.44. The number of nitrogens with one attached hydrogen (secondary N) is 1. The largest absolute Gasteiger partial charge is 0.493 e. The minimum Gasteiger partial charge on any atom is -0.493 e. The molecule has 0 saturated heterocycles. The van der Waals surface area contributed by atoms with Crippen LogP contribution >= 0.6 is 24.0 Å². The van der Waals surface area contributed by atoms with Crippen LogP contribution in [-0.2, 0) is 17.9 Å². The van der Waals surface area contributed by atoms with Gasteiger partial charge in [-0.3, -0.25) is 0 Å². The Bertz CT molecular complexity index is 671. The lowest BCUT2D eigenvalue weighted by atomic mass is 10.2. The third-order valence-corrected chi connectivity index (χ3v) is 3.79. The number of hydrogen-bond donors (Lipinski definition) is 1. The van der Waals surface area contributed by atoms with Crippen LogP contribution in [0.2, 0.25) is 5.02 Å². The molecular weight excluding hydrogens is 368 g/mol. The molecule has 2 aromatic rings. The average molecular weight is 390 g/mol. The highest BCUT2D eigenvalue weighted by Gasteiger charge is 2.08. The van der Waals surface area contributed by atoms with Crippen LogP contribution in [0.3, 0.4) is 0 Å². The standard InChI is InChI=1S/C18H21ClFNO3.ClH/c1-22-8-7-21-11-13-3-6-17(18(9-13)23-2)24-12-14-4-5-15(20)10-16(14)19;/h3-6,9-10,21H,7-8,11-12H2,1-2H3;1H. The molecule has 0 heterocycles. The lowest BCUT2D eigenvalue weighted by molar-refractivity contribution is 0.199. The molecule has 138 valence electrons. The molecule has 0 radical (unpaired) electrons. The molecule has 0 atom stereocenters. The third kappa shape index (κ3) is 6.71. The van der Waals surface area contributed by atoms with Crippen molar-refractivity contribution in [3.05, 3.63) is 58.4 Å². The molecule has 0 aliphatic heterocycles. The Balaban J connectivity index is 0.00000312. The van der Waals surface area contributed by atoms with Gasteiger partial charge >= 0.3 is 0 Å². The molecule has 0 aromatic heterocycles. The van der Waals surface area contributed by atoms with E-state index in [0.717, 1.165) is 12.1 Å². The van der Waals surface area contributed by atoms with Crippen molar-refractivity contribution < 1.29 is 18.6 Å². The van der Waals surface area contributed by atoms with Crippen molar-refractivity contribution in [2.45, 2.75) is 13.2 Å². The van der Waals surface area contributed by atoms with Crippen LogP contribution in [0.25, 0.3) is 0 Å². The summed E-state index contributed by atoms with van der Waals surface area (Å²) >= 11 is 6.01. The molecule has 0 bridgehead atoms. The Morgan fingerprint density at radius 3 is 2.56 bits per heavy atom. The van der Waals surface area contributed by atoms with Gasteiger partial charge in [-0.15, -0.1) is 12.4 Å². The fraction of sp³-hybridized carbons (Fsp3) is 0.333. The van der Waals surface area contributed by atoms with Crippen LogP contribution in [0.1, 0.15) is 11.1 Å². The first-order valence-electron chi connectivity index (χ1n) is 7.57. The predicted molar refractivity (Wildman–Crippen MR) is 99.6 cm³/mol. The minimum atomic E-state index is -0.369. The maximum Gasteiger partial charge on any atom is 0.161 e. The topological polar surface area (TPSA) is 39.7 Å². The highest BCUT2D eigenvalue weighted by Crippen LogP contribution is 2.29. The summed E-state index contributed by atoms with van der Waals surface area (Å²) in [5.74, 6) is 0.879. The average Bonchev–Trinajstić information content (AvgIpc) is 2.58. The Hall–Kier alpha value is -1.53. The summed E-state index contributed by atoms with van der Waals surface area (Å²) in [7, 11) is 3.26. The second kappa shape index (κ2) is 11.2. The van der Waals surface area contributed by atoms with Gasteiger partial charge in [0.15, 0.2) is 11.5 Å². The first-order valence-corrected chi connectivity index (χ1v) is 7.95. The van der Waals surface area contributed by atoms with Crippen LogP contribution in [0.4, 0.5) is 4.39 Å². The highest BCUT2D eigenvalue weighted by molar-refractivity contribution is 6.31. The van der Waals surface area contributed by atoms with Gasteiger partial charge in [0.2, 0.25) is 0 Å². The predicted octanol–water partition coefficient (Wildman–Crippen LogP) is 4.22. The molecule has 0 unspecified atom stereocenters. The van der Waals surface area contributed by atoms with Gasteiger partial charge in [-0.05, 0) is 29.8 Å². The van der Waals surface area contributed by atoms with E-state index in [1.165, 1.54) is 12.1 Å². The molecule has 0 amide bonds. The van der Waals surface area contributed by atoms with Crippen molar-refractivity contribution in [3.63, 3.8) is 0 Å². The second-order valence-electron chi connectivity index (χ2n) is 5.18. The lowest BCUT2D eigenvalue weighted by Gasteiger charge is -2.13. The Labute approximate surface area is 158 Å². The van der Waals surface area contributed by atoms with Crippen molar-refractivity contribution in [2.24, 2.45) is 0 Å². The Morgan fingerprint density at radius 2 is 1.88 bits per heavy atom. The lowest BCUT2D eigenvalue weighted by Crippen LogP contribution is -2.18. The van der Waals surface area contributed by atoms with E-state index in [1.807, 2.05) is 18.2 Å². The zero-order valence-corrected chi connectivity index (χ0v) is 15.8. The van der Waals surface area contributed by atoms with Crippen molar-refractivity contribution in [1.29, 1.82) is 0 Å². The minimum absolute atomic E-state index is 0. The Morgan fingerprint density at radius 1 is 1.08 bits per heavy atom. The van der Waals surface area contributed by atoms with Gasteiger partial charge in [-0.2, -0.15) is 0 Å². The van der Waals surface area contributed by atoms with Crippen LogP contribution < -0.4 is 14.8 Å². The summed E-state index contributed by atoms with van der Waals surface area (Å²) in [5, 5.41) is 3.61. The number of rotatable bonds is 9. The number of benzene rings is 2. The molecule has 2 rings (SSSR count). The molecule has 0 spiro atoms. The van der Waals surface area contributed by atoms with Crippen LogP contribution in [0, 0.1) is 5.82 Å². The first-order chi connectivity index (χ1) is 11.6. The van der Waals surface area contributed by atoms with Crippen LogP contribution in [0.5, 0.6) is 11.5 Å². The molecule has 0 aliphatic rings. The summed E-state index contributed by atoms with van der Waals surface area (Å²) in [6.45, 7) is 2.39. The van der Waals surface area contributed by atoms with E-state index in [-0.39, 0.29) is 24.8 Å². The van der Waals surface area contributed by atoms with Gasteiger partial charge in [-0.1, -0.05) is 23.7 Å². The molecule has 0 aliphatic carbocycles. The van der Waals surface area contributed by atoms with E-state index in [0.29, 0.717) is 35.2 Å². The van der Waals surface area contributed by atoms with E-state index >= 15 is 0 Å². The maximum absolute atomic E-state index is 13.1. The first kappa shape index (κ1) is 21.5. The highest BCUT2D eigenvalue weighted by atomic mass is 35.5. The van der Waals surface area contributed by atoms with Gasteiger partial charge in [0.25, 0.3) is 0 Å². The van der Waals surface area contributed by atoms with E-state index in [1.54, 1.807) is 20.3 Å². The summed E-state index contributed by atoms with van der Waals surface area (Å²) in [6, 6.07) is 9.97. The zero-order valence-electron chi connectivity index (χ0n) is 14.2. The van der Waals surface area contributed by atoms with Crippen molar-refractivity contribution in [2.75, 3.05) is 27.4 Å². The molecule has 7 heteroatoms. The molecule has 0 saturated carbocycles. The quantitative estimate of drug-likeness (QED) is 0.651. The number of halogens is 3. The van der Waals surface area contributed by atoms with E-state index in [4.69, 9.17) is 25.8 Å². The number of methoxy groups -OCH3 is 2. The SMILES string of the molecule is COCCNCc1ccc(OCc2ccc(F)cc2Cl)c(OC)c1.Cl. The summed E-state index contributed by atoms with van der Waals surface area (Å²) in [5.41, 5.74) is 1.79.